The summed E-state index contributed by atoms with van der Waals surface area (Å²) in [6.45, 7) is 12.5. The average molecular weight is 424 g/mol. The van der Waals surface area contributed by atoms with Gasteiger partial charge in [0, 0.05) is 39.6 Å². The van der Waals surface area contributed by atoms with Crippen molar-refractivity contribution in [3.8, 4) is 16.8 Å². The second-order valence-electron chi connectivity index (χ2n) is 9.34. The summed E-state index contributed by atoms with van der Waals surface area (Å²) in [5.74, 6) is 0.854. The van der Waals surface area contributed by atoms with Gasteiger partial charge < -0.3 is 9.88 Å². The van der Waals surface area contributed by atoms with E-state index in [-0.39, 0.29) is 16.9 Å². The molecule has 3 rings (SSSR count). The van der Waals surface area contributed by atoms with Gasteiger partial charge in [-0.05, 0) is 61.7 Å². The zero-order chi connectivity index (χ0) is 22.1. The molecule has 1 N–H and O–H groups in total. The summed E-state index contributed by atoms with van der Waals surface area (Å²) >= 11 is 6.08. The SMILES string of the molecule is CCC(C)(C)NC(=O)c1cc(-c2ccc(Cl)cc2)cc(-n2ccnc2C(C)(C)C)c1. The van der Waals surface area contributed by atoms with Crippen molar-refractivity contribution in [3.05, 3.63) is 71.3 Å². The number of rotatable bonds is 5. The van der Waals surface area contributed by atoms with Crippen LogP contribution in [0.2, 0.25) is 5.02 Å². The van der Waals surface area contributed by atoms with Crippen molar-refractivity contribution >= 4 is 17.5 Å². The van der Waals surface area contributed by atoms with Gasteiger partial charge in [-0.25, -0.2) is 4.98 Å². The molecule has 0 fully saturated rings. The van der Waals surface area contributed by atoms with Gasteiger partial charge in [-0.3, -0.25) is 4.79 Å². The van der Waals surface area contributed by atoms with Crippen LogP contribution < -0.4 is 5.32 Å². The summed E-state index contributed by atoms with van der Waals surface area (Å²) in [5, 5.41) is 3.83. The lowest BCUT2D eigenvalue weighted by Gasteiger charge is -2.25. The number of imidazole rings is 1. The molecule has 30 heavy (non-hydrogen) atoms. The minimum absolute atomic E-state index is 0.0867. The van der Waals surface area contributed by atoms with E-state index in [1.54, 1.807) is 6.20 Å². The minimum Gasteiger partial charge on any atom is -0.347 e. The number of nitrogens with zero attached hydrogens (tertiary/aromatic N) is 2. The molecule has 0 radical (unpaired) electrons. The molecule has 0 unspecified atom stereocenters. The monoisotopic (exact) mass is 423 g/mol. The lowest BCUT2D eigenvalue weighted by molar-refractivity contribution is 0.0911. The van der Waals surface area contributed by atoms with Crippen molar-refractivity contribution in [2.45, 2.75) is 58.9 Å². The molecule has 1 heterocycles. The number of halogens is 1. The fourth-order valence-electron chi connectivity index (χ4n) is 3.23. The first-order valence-electron chi connectivity index (χ1n) is 10.3. The molecule has 158 valence electrons. The Kier molecular flexibility index (Phi) is 6.09. The smallest absolute Gasteiger partial charge is 0.251 e. The van der Waals surface area contributed by atoms with Crippen molar-refractivity contribution in [1.82, 2.24) is 14.9 Å². The van der Waals surface area contributed by atoms with Crippen molar-refractivity contribution < 1.29 is 4.79 Å². The van der Waals surface area contributed by atoms with Crippen molar-refractivity contribution in [1.29, 1.82) is 0 Å². The van der Waals surface area contributed by atoms with Crippen LogP contribution in [0.4, 0.5) is 0 Å². The molecule has 1 aromatic heterocycles. The number of carbonyl (C=O) groups excluding carboxylic acids is 1. The molecule has 0 aliphatic rings. The minimum atomic E-state index is -0.279. The third-order valence-corrected chi connectivity index (χ3v) is 5.54. The predicted octanol–water partition coefficient (Wildman–Crippen LogP) is 6.41. The Bertz CT molecular complexity index is 1040. The quantitative estimate of drug-likeness (QED) is 0.515. The zero-order valence-corrected chi connectivity index (χ0v) is 19.3. The highest BCUT2D eigenvalue weighted by atomic mass is 35.5. The van der Waals surface area contributed by atoms with Crippen molar-refractivity contribution in [3.63, 3.8) is 0 Å². The van der Waals surface area contributed by atoms with Crippen LogP contribution in [-0.2, 0) is 5.41 Å². The van der Waals surface area contributed by atoms with Crippen LogP contribution in [0.5, 0.6) is 0 Å². The first-order chi connectivity index (χ1) is 14.0. The van der Waals surface area contributed by atoms with Gasteiger partial charge in [0.05, 0.1) is 0 Å². The summed E-state index contributed by atoms with van der Waals surface area (Å²) in [7, 11) is 0. The number of benzene rings is 2. The Morgan fingerprint density at radius 1 is 1.03 bits per heavy atom. The molecule has 0 aliphatic carbocycles. The molecule has 0 saturated heterocycles. The number of amides is 1. The summed E-state index contributed by atoms with van der Waals surface area (Å²) in [6, 6.07) is 13.6. The molecule has 0 aliphatic heterocycles. The van der Waals surface area contributed by atoms with Gasteiger partial charge in [-0.1, -0.05) is 51.4 Å². The predicted molar refractivity (Wildman–Crippen MR) is 125 cm³/mol. The van der Waals surface area contributed by atoms with Crippen LogP contribution in [0.15, 0.2) is 54.9 Å². The van der Waals surface area contributed by atoms with Gasteiger partial charge in [0.25, 0.3) is 5.91 Å². The third kappa shape index (κ3) is 4.93. The van der Waals surface area contributed by atoms with Crippen molar-refractivity contribution in [2.24, 2.45) is 0 Å². The Labute approximate surface area is 184 Å². The lowest BCUT2D eigenvalue weighted by atomic mass is 9.95. The van der Waals surface area contributed by atoms with Crippen LogP contribution in [0.25, 0.3) is 16.8 Å². The summed E-state index contributed by atoms with van der Waals surface area (Å²) in [6.07, 6.45) is 4.59. The van der Waals surface area contributed by atoms with E-state index < -0.39 is 0 Å². The topological polar surface area (TPSA) is 46.9 Å². The van der Waals surface area contributed by atoms with E-state index in [9.17, 15) is 4.79 Å². The highest BCUT2D eigenvalue weighted by Gasteiger charge is 2.23. The number of hydrogen-bond acceptors (Lipinski definition) is 2. The molecule has 0 bridgehead atoms. The fourth-order valence-corrected chi connectivity index (χ4v) is 3.35. The van der Waals surface area contributed by atoms with Gasteiger partial charge >= 0.3 is 0 Å². The number of hydrogen-bond donors (Lipinski definition) is 1. The number of aromatic nitrogens is 2. The van der Waals surface area contributed by atoms with Gasteiger partial charge in [0.15, 0.2) is 0 Å². The van der Waals surface area contributed by atoms with E-state index in [1.165, 1.54) is 0 Å². The van der Waals surface area contributed by atoms with Crippen LogP contribution in [0.1, 0.15) is 64.1 Å². The third-order valence-electron chi connectivity index (χ3n) is 5.28. The Balaban J connectivity index is 2.15. The summed E-state index contributed by atoms with van der Waals surface area (Å²) in [4.78, 5) is 17.7. The largest absolute Gasteiger partial charge is 0.347 e. The standard InChI is InChI=1S/C25H30ClN3O/c1-7-25(5,6)28-22(30)19-14-18(17-8-10-20(26)11-9-17)15-21(16-19)29-13-12-27-23(29)24(2,3)4/h8-16H,7H2,1-6H3,(H,28,30). The molecule has 0 atom stereocenters. The van der Waals surface area contributed by atoms with Crippen LogP contribution in [0, 0.1) is 0 Å². The van der Waals surface area contributed by atoms with E-state index in [0.29, 0.717) is 10.6 Å². The maximum absolute atomic E-state index is 13.1. The first-order valence-corrected chi connectivity index (χ1v) is 10.7. The number of nitrogens with one attached hydrogen (secondary N) is 1. The van der Waals surface area contributed by atoms with E-state index in [1.807, 2.05) is 56.4 Å². The molecule has 1 amide bonds. The molecule has 0 spiro atoms. The Hall–Kier alpha value is -2.59. The van der Waals surface area contributed by atoms with Crippen LogP contribution in [-0.4, -0.2) is 21.0 Å². The molecule has 5 heteroatoms. The highest BCUT2D eigenvalue weighted by molar-refractivity contribution is 6.30. The fraction of sp³-hybridized carbons (Fsp3) is 0.360. The van der Waals surface area contributed by atoms with Gasteiger partial charge in [0.1, 0.15) is 5.82 Å². The molecular weight excluding hydrogens is 394 g/mol. The van der Waals surface area contributed by atoms with Crippen LogP contribution >= 0.6 is 11.6 Å². The normalized spacial score (nSPS) is 12.1. The van der Waals surface area contributed by atoms with Gasteiger partial charge in [-0.2, -0.15) is 0 Å². The average Bonchev–Trinajstić information content (AvgIpc) is 3.18. The first kappa shape index (κ1) is 22.1. The summed E-state index contributed by atoms with van der Waals surface area (Å²) < 4.78 is 2.06. The molecule has 4 nitrogen and oxygen atoms in total. The Morgan fingerprint density at radius 2 is 1.70 bits per heavy atom. The van der Waals surface area contributed by atoms with E-state index >= 15 is 0 Å². The maximum Gasteiger partial charge on any atom is 0.251 e. The van der Waals surface area contributed by atoms with E-state index in [0.717, 1.165) is 29.1 Å². The second kappa shape index (κ2) is 8.27. The maximum atomic E-state index is 13.1. The van der Waals surface area contributed by atoms with Gasteiger partial charge in [-0.15, -0.1) is 0 Å². The van der Waals surface area contributed by atoms with Crippen molar-refractivity contribution in [2.75, 3.05) is 0 Å². The second-order valence-corrected chi connectivity index (χ2v) is 9.77. The summed E-state index contributed by atoms with van der Waals surface area (Å²) in [5.41, 5.74) is 3.07. The molecule has 0 saturated carbocycles. The van der Waals surface area contributed by atoms with Crippen LogP contribution in [0.3, 0.4) is 0 Å². The number of carbonyl (C=O) groups is 1. The highest BCUT2D eigenvalue weighted by Crippen LogP contribution is 2.29. The lowest BCUT2D eigenvalue weighted by Crippen LogP contribution is -2.42. The molecule has 2 aromatic carbocycles. The molecule has 3 aromatic rings. The Morgan fingerprint density at radius 3 is 2.30 bits per heavy atom. The molecular formula is C25H30ClN3O. The zero-order valence-electron chi connectivity index (χ0n) is 18.6. The van der Waals surface area contributed by atoms with E-state index in [4.69, 9.17) is 11.6 Å². The van der Waals surface area contributed by atoms with Gasteiger partial charge in [0.2, 0.25) is 0 Å². The van der Waals surface area contributed by atoms with E-state index in [2.05, 4.69) is 48.6 Å².